The minimum Gasteiger partial charge on any atom is -0.355 e. The Hall–Kier alpha value is -4.25. The van der Waals surface area contributed by atoms with Crippen molar-refractivity contribution < 1.29 is 0 Å². The van der Waals surface area contributed by atoms with Gasteiger partial charge in [-0.25, -0.2) is 4.98 Å². The molecule has 1 aliphatic heterocycles. The molecule has 0 aliphatic carbocycles. The molecule has 0 atom stereocenters. The predicted octanol–water partition coefficient (Wildman–Crippen LogP) is 2.72. The molecule has 3 N–H and O–H groups in total. The van der Waals surface area contributed by atoms with E-state index in [4.69, 9.17) is 4.98 Å². The molecule has 0 unspecified atom stereocenters. The number of hydrogen-bond donors (Lipinski definition) is 3. The van der Waals surface area contributed by atoms with Crippen LogP contribution in [-0.4, -0.2) is 24.5 Å². The molecule has 5 aromatic rings. The number of aryl methyl sites for hydroxylation is 1. The predicted molar refractivity (Wildman–Crippen MR) is 138 cm³/mol. The first-order chi connectivity index (χ1) is 16.4. The lowest BCUT2D eigenvalue weighted by molar-refractivity contribution is 0.901. The normalized spacial score (nSPS) is 12.5. The summed E-state index contributed by atoms with van der Waals surface area (Å²) in [5.74, 6) is 0.971. The molecule has 5 heteroatoms. The molecule has 5 aromatic heterocycles. The van der Waals surface area contributed by atoms with Crippen LogP contribution in [0, 0.1) is 27.7 Å². The number of aromatic nitrogens is 5. The summed E-state index contributed by atoms with van der Waals surface area (Å²) in [6, 6.07) is 16.9. The van der Waals surface area contributed by atoms with Gasteiger partial charge >= 0.3 is 0 Å². The van der Waals surface area contributed by atoms with Crippen molar-refractivity contribution in [1.82, 2.24) is 24.5 Å². The second-order valence-electron chi connectivity index (χ2n) is 9.10. The van der Waals surface area contributed by atoms with Gasteiger partial charge in [-0.15, -0.1) is 0 Å². The smallest absolute Gasteiger partial charge is 0.141 e. The molecule has 6 heterocycles. The van der Waals surface area contributed by atoms with Gasteiger partial charge in [-0.1, -0.05) is 0 Å². The second kappa shape index (κ2) is 7.66. The quantitative estimate of drug-likeness (QED) is 0.358. The highest BCUT2D eigenvalue weighted by Gasteiger charge is 2.13. The zero-order chi connectivity index (χ0) is 23.4. The molecular formula is C29H27N5. The van der Waals surface area contributed by atoms with E-state index in [1.807, 2.05) is 0 Å². The van der Waals surface area contributed by atoms with Crippen LogP contribution >= 0.6 is 0 Å². The standard InChI is InChI=1S/C29H27N5/c1-17-18(2)20(4)30-29(19(17)3)34-27-11-12-28(34)16-26-10-8-24(33-26)14-22-6-5-21(31-22)13-23-7-9-25(15-27)32-23/h5-16,31-33H,1-4H3. The van der Waals surface area contributed by atoms with Crippen LogP contribution in [0.25, 0.3) is 30.1 Å². The topological polar surface area (TPSA) is 65.2 Å². The first-order valence-corrected chi connectivity index (χ1v) is 11.6. The number of aromatic amines is 3. The van der Waals surface area contributed by atoms with Crippen LogP contribution in [0.4, 0.5) is 0 Å². The summed E-state index contributed by atoms with van der Waals surface area (Å²) in [6.07, 6.45) is 8.61. The zero-order valence-corrected chi connectivity index (χ0v) is 19.8. The third-order valence-corrected chi connectivity index (χ3v) is 6.85. The average molecular weight is 446 g/mol. The van der Waals surface area contributed by atoms with Crippen molar-refractivity contribution in [3.63, 3.8) is 0 Å². The summed E-state index contributed by atoms with van der Waals surface area (Å²) in [5.41, 5.74) is 8.98. The minimum absolute atomic E-state index is 0.971. The number of hydrogen-bond acceptors (Lipinski definition) is 1. The third-order valence-electron chi connectivity index (χ3n) is 6.85. The lowest BCUT2D eigenvalue weighted by Crippen LogP contribution is -2.27. The van der Waals surface area contributed by atoms with Crippen LogP contribution in [0.15, 0.2) is 48.5 Å². The molecule has 0 aromatic carbocycles. The van der Waals surface area contributed by atoms with Crippen LogP contribution in [0.1, 0.15) is 45.2 Å². The van der Waals surface area contributed by atoms with E-state index in [1.165, 1.54) is 16.7 Å². The Morgan fingerprint density at radius 2 is 1.03 bits per heavy atom. The average Bonchev–Trinajstić information content (AvgIpc) is 3.61. The largest absolute Gasteiger partial charge is 0.355 e. The maximum atomic E-state index is 5.04. The van der Waals surface area contributed by atoms with Crippen molar-refractivity contribution in [2.45, 2.75) is 27.7 Å². The van der Waals surface area contributed by atoms with Gasteiger partial charge in [0.1, 0.15) is 5.82 Å². The molecule has 0 radical (unpaired) electrons. The van der Waals surface area contributed by atoms with E-state index < -0.39 is 0 Å². The van der Waals surface area contributed by atoms with Gasteiger partial charge in [0, 0.05) is 49.9 Å². The van der Waals surface area contributed by atoms with E-state index in [0.717, 1.165) is 55.7 Å². The lowest BCUT2D eigenvalue weighted by atomic mass is 10.0. The fourth-order valence-corrected chi connectivity index (χ4v) is 4.65. The Morgan fingerprint density at radius 3 is 1.56 bits per heavy atom. The number of pyridine rings is 1. The van der Waals surface area contributed by atoms with Crippen LogP contribution < -0.4 is 21.4 Å². The van der Waals surface area contributed by atoms with Gasteiger partial charge in [-0.05, 0) is 117 Å². The Labute approximate surface area is 197 Å². The van der Waals surface area contributed by atoms with Gasteiger partial charge in [0.25, 0.3) is 0 Å². The Morgan fingerprint density at radius 1 is 0.529 bits per heavy atom. The highest BCUT2D eigenvalue weighted by molar-refractivity contribution is 5.57. The highest BCUT2D eigenvalue weighted by atomic mass is 15.1. The summed E-state index contributed by atoms with van der Waals surface area (Å²) in [4.78, 5) is 15.6. The van der Waals surface area contributed by atoms with Gasteiger partial charge in [-0.2, -0.15) is 0 Å². The highest BCUT2D eigenvalue weighted by Crippen LogP contribution is 2.20. The second-order valence-corrected chi connectivity index (χ2v) is 9.10. The number of fused-ring (bicyclic) bond motifs is 8. The fourth-order valence-electron chi connectivity index (χ4n) is 4.65. The van der Waals surface area contributed by atoms with E-state index in [0.29, 0.717) is 0 Å². The molecule has 1 aliphatic rings. The Kier molecular flexibility index (Phi) is 4.59. The van der Waals surface area contributed by atoms with Crippen molar-refractivity contribution in [1.29, 1.82) is 0 Å². The van der Waals surface area contributed by atoms with Crippen LogP contribution in [0.5, 0.6) is 0 Å². The molecule has 0 saturated heterocycles. The molecule has 168 valence electrons. The van der Waals surface area contributed by atoms with Crippen LogP contribution in [0.3, 0.4) is 0 Å². The molecule has 5 nitrogen and oxygen atoms in total. The van der Waals surface area contributed by atoms with E-state index in [1.54, 1.807) is 0 Å². The van der Waals surface area contributed by atoms with Crippen molar-refractivity contribution in [3.05, 3.63) is 115 Å². The van der Waals surface area contributed by atoms with Gasteiger partial charge in [0.15, 0.2) is 0 Å². The van der Waals surface area contributed by atoms with Crippen LogP contribution in [0.2, 0.25) is 0 Å². The summed E-state index contributed by atoms with van der Waals surface area (Å²) in [5, 5.41) is 4.26. The summed E-state index contributed by atoms with van der Waals surface area (Å²) >= 11 is 0. The number of nitrogens with one attached hydrogen (secondary N) is 3. The molecule has 8 bridgehead atoms. The van der Waals surface area contributed by atoms with E-state index in [-0.39, 0.29) is 0 Å². The van der Waals surface area contributed by atoms with E-state index in [2.05, 4.69) is 120 Å². The van der Waals surface area contributed by atoms with Gasteiger partial charge in [-0.3, -0.25) is 4.57 Å². The third kappa shape index (κ3) is 3.46. The first kappa shape index (κ1) is 20.4. The SMILES string of the molecule is Cc1nc(-n2c3ccc2=Cc2ccc([nH]2)C=c2ccc([nH]2)=Cc2ccc([nH]2)C=3)c(C)c(C)c1C. The number of rotatable bonds is 1. The molecule has 0 fully saturated rings. The van der Waals surface area contributed by atoms with Gasteiger partial charge in [0.05, 0.1) is 0 Å². The maximum Gasteiger partial charge on any atom is 0.141 e. The number of H-pyrrole nitrogens is 3. The Balaban J connectivity index is 1.69. The van der Waals surface area contributed by atoms with E-state index >= 15 is 0 Å². The summed E-state index contributed by atoms with van der Waals surface area (Å²) < 4.78 is 2.26. The van der Waals surface area contributed by atoms with Gasteiger partial charge < -0.3 is 15.0 Å². The molecule has 0 spiro atoms. The monoisotopic (exact) mass is 445 g/mol. The molecule has 0 amide bonds. The summed E-state index contributed by atoms with van der Waals surface area (Å²) in [6.45, 7) is 8.58. The maximum absolute atomic E-state index is 5.04. The van der Waals surface area contributed by atoms with Crippen LogP contribution in [-0.2, 0) is 0 Å². The van der Waals surface area contributed by atoms with Crippen molar-refractivity contribution in [2.24, 2.45) is 0 Å². The van der Waals surface area contributed by atoms with Crippen molar-refractivity contribution >= 4 is 24.3 Å². The molecule has 0 saturated carbocycles. The minimum atomic E-state index is 0.971. The summed E-state index contributed by atoms with van der Waals surface area (Å²) in [7, 11) is 0. The van der Waals surface area contributed by atoms with E-state index in [9.17, 15) is 0 Å². The lowest BCUT2D eigenvalue weighted by Gasteiger charge is -2.15. The fraction of sp³-hybridized carbons (Fsp3) is 0.138. The zero-order valence-electron chi connectivity index (χ0n) is 19.8. The number of nitrogens with zero attached hydrogens (tertiary/aromatic N) is 2. The molecular weight excluding hydrogens is 418 g/mol. The first-order valence-electron chi connectivity index (χ1n) is 11.6. The van der Waals surface area contributed by atoms with Crippen molar-refractivity contribution in [2.75, 3.05) is 0 Å². The van der Waals surface area contributed by atoms with Crippen molar-refractivity contribution in [3.8, 4) is 5.82 Å². The molecule has 6 rings (SSSR count). The Bertz CT molecular complexity index is 1700. The van der Waals surface area contributed by atoms with Gasteiger partial charge in [0.2, 0.25) is 0 Å². The molecule has 34 heavy (non-hydrogen) atoms.